The van der Waals surface area contributed by atoms with Crippen LogP contribution in [0.1, 0.15) is 15.9 Å². The summed E-state index contributed by atoms with van der Waals surface area (Å²) < 4.78 is 36.4. The highest BCUT2D eigenvalue weighted by atomic mass is 19.4. The summed E-state index contributed by atoms with van der Waals surface area (Å²) in [7, 11) is 0. The van der Waals surface area contributed by atoms with Gasteiger partial charge in [0.05, 0.1) is 11.1 Å². The van der Waals surface area contributed by atoms with Crippen molar-refractivity contribution in [2.45, 2.75) is 6.18 Å². The second-order valence-electron chi connectivity index (χ2n) is 2.35. The van der Waals surface area contributed by atoms with Crippen LogP contribution in [-0.2, 0) is 6.18 Å². The van der Waals surface area contributed by atoms with Gasteiger partial charge in [-0.25, -0.2) is 4.79 Å². The molecule has 2 nitrogen and oxygen atoms in total. The van der Waals surface area contributed by atoms with Crippen LogP contribution >= 0.6 is 0 Å². The number of benzene rings is 1. The normalized spacial score (nSPS) is 10.5. The van der Waals surface area contributed by atoms with E-state index in [9.17, 15) is 18.0 Å². The Balaban J connectivity index is 0.00000169. The van der Waals surface area contributed by atoms with Gasteiger partial charge in [-0.15, -0.1) is 0 Å². The van der Waals surface area contributed by atoms with Crippen molar-refractivity contribution in [3.63, 3.8) is 0 Å². The third-order valence-electron chi connectivity index (χ3n) is 1.46. The van der Waals surface area contributed by atoms with Gasteiger partial charge in [-0.3, -0.25) is 4.70 Å². The molecule has 0 aliphatic rings. The van der Waals surface area contributed by atoms with Gasteiger partial charge in [-0.2, -0.15) is 13.2 Å². The number of alkyl halides is 3. The number of halogens is 4. The van der Waals surface area contributed by atoms with E-state index in [1.807, 2.05) is 0 Å². The Kier molecular flexibility index (Phi) is 3.62. The van der Waals surface area contributed by atoms with Gasteiger partial charge in [-0.1, -0.05) is 12.1 Å². The molecule has 0 bridgehead atoms. The maximum absolute atomic E-state index is 12.1. The molecule has 0 heterocycles. The fourth-order valence-electron chi connectivity index (χ4n) is 0.917. The van der Waals surface area contributed by atoms with E-state index in [1.165, 1.54) is 6.07 Å². The standard InChI is InChI=1S/C8H5F3O2.FH/c9-8(10,11)6-4-2-1-3-5(6)7(12)13;/h1-4H,(H,12,13);1H. The van der Waals surface area contributed by atoms with E-state index in [4.69, 9.17) is 5.11 Å². The summed E-state index contributed by atoms with van der Waals surface area (Å²) in [5.41, 5.74) is -1.85. The zero-order chi connectivity index (χ0) is 10.1. The van der Waals surface area contributed by atoms with Crippen LogP contribution in [-0.4, -0.2) is 11.1 Å². The Morgan fingerprint density at radius 1 is 1.21 bits per heavy atom. The van der Waals surface area contributed by atoms with E-state index in [2.05, 4.69) is 0 Å². The lowest BCUT2D eigenvalue weighted by Crippen LogP contribution is -2.12. The molecule has 1 rings (SSSR count). The van der Waals surface area contributed by atoms with Crippen LogP contribution in [0.2, 0.25) is 0 Å². The molecular formula is C8H6F4O2. The fraction of sp³-hybridized carbons (Fsp3) is 0.125. The predicted octanol–water partition coefficient (Wildman–Crippen LogP) is 2.56. The topological polar surface area (TPSA) is 37.3 Å². The van der Waals surface area contributed by atoms with Crippen molar-refractivity contribution in [1.29, 1.82) is 0 Å². The average molecular weight is 210 g/mol. The van der Waals surface area contributed by atoms with Crippen molar-refractivity contribution in [3.8, 4) is 0 Å². The Labute approximate surface area is 76.3 Å². The number of carbonyl (C=O) groups is 1. The van der Waals surface area contributed by atoms with E-state index in [1.54, 1.807) is 0 Å². The Hall–Kier alpha value is -1.59. The molecule has 0 aliphatic heterocycles. The minimum Gasteiger partial charge on any atom is -0.478 e. The summed E-state index contributed by atoms with van der Waals surface area (Å²) in [5.74, 6) is -1.58. The van der Waals surface area contributed by atoms with E-state index >= 15 is 0 Å². The van der Waals surface area contributed by atoms with Crippen LogP contribution in [0.5, 0.6) is 0 Å². The van der Waals surface area contributed by atoms with Gasteiger partial charge < -0.3 is 5.11 Å². The molecule has 0 amide bonds. The van der Waals surface area contributed by atoms with Gasteiger partial charge in [0.25, 0.3) is 0 Å². The van der Waals surface area contributed by atoms with Crippen molar-refractivity contribution in [1.82, 2.24) is 0 Å². The van der Waals surface area contributed by atoms with Crippen molar-refractivity contribution >= 4 is 5.97 Å². The number of rotatable bonds is 1. The Morgan fingerprint density at radius 2 is 1.71 bits per heavy atom. The Morgan fingerprint density at radius 3 is 2.07 bits per heavy atom. The van der Waals surface area contributed by atoms with Crippen molar-refractivity contribution in [3.05, 3.63) is 35.4 Å². The van der Waals surface area contributed by atoms with Gasteiger partial charge in [0.1, 0.15) is 0 Å². The van der Waals surface area contributed by atoms with Gasteiger partial charge in [-0.05, 0) is 12.1 Å². The highest BCUT2D eigenvalue weighted by Crippen LogP contribution is 2.31. The van der Waals surface area contributed by atoms with Gasteiger partial charge in [0.2, 0.25) is 0 Å². The molecule has 0 atom stereocenters. The lowest BCUT2D eigenvalue weighted by molar-refractivity contribution is -0.138. The van der Waals surface area contributed by atoms with E-state index < -0.39 is 23.3 Å². The summed E-state index contributed by atoms with van der Waals surface area (Å²) >= 11 is 0. The smallest absolute Gasteiger partial charge is 0.417 e. The molecular weight excluding hydrogens is 204 g/mol. The minimum absolute atomic E-state index is 0. The number of carboxylic acids is 1. The zero-order valence-electron chi connectivity index (χ0n) is 6.71. The Bertz CT molecular complexity index is 332. The largest absolute Gasteiger partial charge is 0.478 e. The highest BCUT2D eigenvalue weighted by molar-refractivity contribution is 5.89. The van der Waals surface area contributed by atoms with E-state index in [-0.39, 0.29) is 4.70 Å². The van der Waals surface area contributed by atoms with Crippen LogP contribution in [0.25, 0.3) is 0 Å². The van der Waals surface area contributed by atoms with Crippen LogP contribution in [0, 0.1) is 0 Å². The maximum Gasteiger partial charge on any atom is 0.417 e. The predicted molar refractivity (Wildman–Crippen MR) is 40.9 cm³/mol. The highest BCUT2D eigenvalue weighted by Gasteiger charge is 2.34. The quantitative estimate of drug-likeness (QED) is 0.723. The molecule has 14 heavy (non-hydrogen) atoms. The van der Waals surface area contributed by atoms with Crippen molar-refractivity contribution < 1.29 is 27.8 Å². The zero-order valence-corrected chi connectivity index (χ0v) is 6.71. The molecule has 0 aliphatic carbocycles. The second kappa shape index (κ2) is 4.08. The molecule has 6 heteroatoms. The molecule has 0 spiro atoms. The molecule has 0 radical (unpaired) electrons. The third-order valence-corrected chi connectivity index (χ3v) is 1.46. The molecule has 0 fully saturated rings. The van der Waals surface area contributed by atoms with Crippen LogP contribution in [0.3, 0.4) is 0 Å². The first-order chi connectivity index (χ1) is 5.93. The van der Waals surface area contributed by atoms with Gasteiger partial charge in [0.15, 0.2) is 0 Å². The van der Waals surface area contributed by atoms with Crippen molar-refractivity contribution in [2.75, 3.05) is 0 Å². The van der Waals surface area contributed by atoms with E-state index in [0.717, 1.165) is 18.2 Å². The summed E-state index contributed by atoms with van der Waals surface area (Å²) in [6, 6.07) is 4.06. The fourth-order valence-corrected chi connectivity index (χ4v) is 0.917. The lowest BCUT2D eigenvalue weighted by Gasteiger charge is -2.08. The minimum atomic E-state index is -4.62. The third kappa shape index (κ3) is 2.45. The number of hydrogen-bond acceptors (Lipinski definition) is 1. The first-order valence-electron chi connectivity index (χ1n) is 3.32. The monoisotopic (exact) mass is 210 g/mol. The van der Waals surface area contributed by atoms with Gasteiger partial charge >= 0.3 is 12.1 Å². The van der Waals surface area contributed by atoms with Crippen molar-refractivity contribution in [2.24, 2.45) is 0 Å². The second-order valence-corrected chi connectivity index (χ2v) is 2.35. The molecule has 1 aromatic carbocycles. The summed E-state index contributed by atoms with van der Waals surface area (Å²) in [5, 5.41) is 8.43. The summed E-state index contributed by atoms with van der Waals surface area (Å²) in [6.07, 6.45) is -4.62. The molecule has 0 unspecified atom stereocenters. The lowest BCUT2D eigenvalue weighted by atomic mass is 10.1. The number of hydrogen-bond donors (Lipinski definition) is 1. The summed E-state index contributed by atoms with van der Waals surface area (Å²) in [6.45, 7) is 0. The first-order valence-corrected chi connectivity index (χ1v) is 3.32. The van der Waals surface area contributed by atoms with Crippen LogP contribution in [0.4, 0.5) is 17.9 Å². The molecule has 0 saturated heterocycles. The van der Waals surface area contributed by atoms with Crippen LogP contribution < -0.4 is 0 Å². The maximum atomic E-state index is 12.1. The number of carboxylic acid groups (broad SMARTS) is 1. The average Bonchev–Trinajstić information content (AvgIpc) is 2.03. The molecule has 0 saturated carbocycles. The first kappa shape index (κ1) is 12.4. The van der Waals surface area contributed by atoms with E-state index in [0.29, 0.717) is 0 Å². The number of aromatic carboxylic acids is 1. The molecule has 78 valence electrons. The molecule has 1 aromatic rings. The SMILES string of the molecule is F.O=C(O)c1ccccc1C(F)(F)F. The van der Waals surface area contributed by atoms with Crippen LogP contribution in [0.15, 0.2) is 24.3 Å². The molecule has 0 aromatic heterocycles. The summed E-state index contributed by atoms with van der Waals surface area (Å²) in [4.78, 5) is 10.4. The molecule has 1 N–H and O–H groups in total. The van der Waals surface area contributed by atoms with Gasteiger partial charge in [0, 0.05) is 0 Å².